The summed E-state index contributed by atoms with van der Waals surface area (Å²) in [7, 11) is 0. The van der Waals surface area contributed by atoms with E-state index >= 15 is 0 Å². The Bertz CT molecular complexity index is 986. The molecule has 0 bridgehead atoms. The third kappa shape index (κ3) is 4.31. The fourth-order valence-electron chi connectivity index (χ4n) is 2.99. The quantitative estimate of drug-likeness (QED) is 0.423. The number of rotatable bonds is 7. The van der Waals surface area contributed by atoms with Gasteiger partial charge in [0.2, 0.25) is 5.95 Å². The molecule has 5 N–H and O–H groups in total. The first-order valence-electron chi connectivity index (χ1n) is 9.31. The lowest BCUT2D eigenvalue weighted by molar-refractivity contribution is 0.0500. The Morgan fingerprint density at radius 2 is 1.86 bits per heavy atom. The summed E-state index contributed by atoms with van der Waals surface area (Å²) in [6, 6.07) is 11.1. The first kappa shape index (κ1) is 19.4. The summed E-state index contributed by atoms with van der Waals surface area (Å²) in [5, 5.41) is 4.18. The zero-order chi connectivity index (χ0) is 20.1. The van der Waals surface area contributed by atoms with Crippen molar-refractivity contribution >= 4 is 34.3 Å². The Kier molecular flexibility index (Phi) is 5.93. The molecule has 1 aromatic heterocycles. The molecule has 0 atom stereocenters. The highest BCUT2D eigenvalue weighted by atomic mass is 16.5. The Labute approximate surface area is 164 Å². The van der Waals surface area contributed by atoms with Gasteiger partial charge in [-0.25, -0.2) is 9.78 Å². The molecule has 146 valence electrons. The van der Waals surface area contributed by atoms with Crippen LogP contribution < -0.4 is 16.8 Å². The van der Waals surface area contributed by atoms with E-state index in [1.165, 1.54) is 0 Å². The molecule has 7 heteroatoms. The third-order valence-electron chi connectivity index (χ3n) is 4.62. The smallest absolute Gasteiger partial charge is 0.338 e. The Morgan fingerprint density at radius 3 is 2.57 bits per heavy atom. The minimum atomic E-state index is -0.292. The molecule has 0 aliphatic heterocycles. The van der Waals surface area contributed by atoms with E-state index in [4.69, 9.17) is 16.2 Å². The highest BCUT2D eigenvalue weighted by molar-refractivity contribution is 5.92. The summed E-state index contributed by atoms with van der Waals surface area (Å²) in [4.78, 5) is 20.2. The van der Waals surface area contributed by atoms with Gasteiger partial charge in [-0.05, 0) is 54.8 Å². The third-order valence-corrected chi connectivity index (χ3v) is 4.62. The van der Waals surface area contributed by atoms with E-state index in [0.717, 1.165) is 40.6 Å². The predicted octanol–water partition coefficient (Wildman–Crippen LogP) is 3.67. The number of aryl methyl sites for hydroxylation is 1. The van der Waals surface area contributed by atoms with E-state index in [0.29, 0.717) is 24.5 Å². The van der Waals surface area contributed by atoms with Crippen LogP contribution >= 0.6 is 0 Å². The molecule has 1 heterocycles. The van der Waals surface area contributed by atoms with Crippen LogP contribution in [0, 0.1) is 6.92 Å². The number of nitrogens with one attached hydrogen (secondary N) is 1. The summed E-state index contributed by atoms with van der Waals surface area (Å²) in [6.07, 6.45) is 1.87. The molecule has 0 fully saturated rings. The summed E-state index contributed by atoms with van der Waals surface area (Å²) >= 11 is 0. The lowest BCUT2D eigenvalue weighted by atomic mass is 10.0. The van der Waals surface area contributed by atoms with Gasteiger partial charge < -0.3 is 21.5 Å². The number of unbranched alkanes of at least 4 members (excludes halogenated alkanes) is 1. The molecule has 0 unspecified atom stereocenters. The van der Waals surface area contributed by atoms with Gasteiger partial charge in [-0.1, -0.05) is 19.4 Å². The minimum Gasteiger partial charge on any atom is -0.462 e. The van der Waals surface area contributed by atoms with Gasteiger partial charge in [0.15, 0.2) is 0 Å². The predicted molar refractivity (Wildman–Crippen MR) is 112 cm³/mol. The molecule has 0 aliphatic carbocycles. The van der Waals surface area contributed by atoms with Crippen LogP contribution in [-0.4, -0.2) is 22.5 Å². The van der Waals surface area contributed by atoms with E-state index in [9.17, 15) is 4.79 Å². The van der Waals surface area contributed by atoms with Crippen molar-refractivity contribution < 1.29 is 9.53 Å². The number of carbonyl (C=O) groups is 1. The van der Waals surface area contributed by atoms with Gasteiger partial charge in [0, 0.05) is 17.6 Å². The molecule has 3 aromatic rings. The summed E-state index contributed by atoms with van der Waals surface area (Å²) in [5.41, 5.74) is 16.0. The van der Waals surface area contributed by atoms with Gasteiger partial charge in [0.1, 0.15) is 5.82 Å². The molecule has 0 spiro atoms. The van der Waals surface area contributed by atoms with Crippen molar-refractivity contribution in [3.63, 3.8) is 0 Å². The number of nitrogens with two attached hydrogens (primary N) is 2. The van der Waals surface area contributed by atoms with Crippen LogP contribution in [-0.2, 0) is 11.3 Å². The second-order valence-electron chi connectivity index (χ2n) is 6.63. The lowest BCUT2D eigenvalue weighted by Gasteiger charge is -2.13. The first-order chi connectivity index (χ1) is 13.5. The van der Waals surface area contributed by atoms with Crippen molar-refractivity contribution in [2.45, 2.75) is 33.2 Å². The average Bonchev–Trinajstić information content (AvgIpc) is 2.67. The van der Waals surface area contributed by atoms with Crippen molar-refractivity contribution in [3.8, 4) is 0 Å². The maximum atomic E-state index is 12.0. The van der Waals surface area contributed by atoms with Crippen molar-refractivity contribution in [1.29, 1.82) is 0 Å². The van der Waals surface area contributed by atoms with Crippen LogP contribution in [0.1, 0.15) is 41.3 Å². The monoisotopic (exact) mass is 379 g/mol. The van der Waals surface area contributed by atoms with Gasteiger partial charge in [-0.2, -0.15) is 4.98 Å². The number of fused-ring (bicyclic) bond motifs is 1. The van der Waals surface area contributed by atoms with E-state index in [-0.39, 0.29) is 11.9 Å². The molecular formula is C21H25N5O2. The topological polar surface area (TPSA) is 116 Å². The zero-order valence-electron chi connectivity index (χ0n) is 16.2. The number of nitrogens with zero attached hydrogens (tertiary/aromatic N) is 2. The Hall–Kier alpha value is -3.35. The first-order valence-corrected chi connectivity index (χ1v) is 9.31. The van der Waals surface area contributed by atoms with Crippen LogP contribution in [0.4, 0.5) is 17.5 Å². The number of nitrogen functional groups attached to an aromatic ring is 2. The second kappa shape index (κ2) is 8.56. The molecular weight excluding hydrogens is 354 g/mol. The lowest BCUT2D eigenvalue weighted by Crippen LogP contribution is -2.07. The normalized spacial score (nSPS) is 10.8. The second-order valence-corrected chi connectivity index (χ2v) is 6.63. The number of esters is 1. The molecule has 2 aromatic carbocycles. The molecule has 0 saturated heterocycles. The van der Waals surface area contributed by atoms with Crippen LogP contribution in [0.3, 0.4) is 0 Å². The van der Waals surface area contributed by atoms with Crippen LogP contribution in [0.15, 0.2) is 36.4 Å². The fourth-order valence-corrected chi connectivity index (χ4v) is 2.99. The van der Waals surface area contributed by atoms with Crippen molar-refractivity contribution in [1.82, 2.24) is 9.97 Å². The number of anilines is 3. The summed E-state index contributed by atoms with van der Waals surface area (Å²) in [6.45, 7) is 5.11. The van der Waals surface area contributed by atoms with E-state index in [2.05, 4.69) is 22.2 Å². The maximum Gasteiger partial charge on any atom is 0.338 e. The Balaban J connectivity index is 1.69. The molecule has 0 radical (unpaired) electrons. The molecule has 0 saturated carbocycles. The minimum absolute atomic E-state index is 0.170. The average molecular weight is 379 g/mol. The standard InChI is InChI=1S/C21H25N5O2/c1-3-4-11-28-20(27)14-5-8-16(9-6-14)24-12-15-7-10-17-18(13(15)2)19(22)26-21(23)25-17/h5-10,24H,3-4,11-12H2,1-2H3,(H4,22,23,25,26). The summed E-state index contributed by atoms with van der Waals surface area (Å²) in [5.74, 6) is 0.261. The van der Waals surface area contributed by atoms with Crippen LogP contribution in [0.5, 0.6) is 0 Å². The number of ether oxygens (including phenoxy) is 1. The van der Waals surface area contributed by atoms with E-state index in [1.54, 1.807) is 12.1 Å². The van der Waals surface area contributed by atoms with Gasteiger partial charge >= 0.3 is 5.97 Å². The van der Waals surface area contributed by atoms with Crippen molar-refractivity contribution in [2.24, 2.45) is 0 Å². The van der Waals surface area contributed by atoms with Gasteiger partial charge in [-0.15, -0.1) is 0 Å². The number of carbonyl (C=O) groups excluding carboxylic acids is 1. The molecule has 28 heavy (non-hydrogen) atoms. The highest BCUT2D eigenvalue weighted by Gasteiger charge is 2.10. The number of hydrogen-bond acceptors (Lipinski definition) is 7. The van der Waals surface area contributed by atoms with E-state index < -0.39 is 0 Å². The number of hydrogen-bond donors (Lipinski definition) is 3. The van der Waals surface area contributed by atoms with E-state index in [1.807, 2.05) is 31.2 Å². The van der Waals surface area contributed by atoms with Gasteiger partial charge in [-0.3, -0.25) is 0 Å². The SMILES string of the molecule is CCCCOC(=O)c1ccc(NCc2ccc3nc(N)nc(N)c3c2C)cc1. The van der Waals surface area contributed by atoms with Crippen LogP contribution in [0.25, 0.3) is 10.9 Å². The van der Waals surface area contributed by atoms with Gasteiger partial charge in [0.25, 0.3) is 0 Å². The number of benzene rings is 2. The Morgan fingerprint density at radius 1 is 1.11 bits per heavy atom. The largest absolute Gasteiger partial charge is 0.462 e. The number of aromatic nitrogens is 2. The zero-order valence-corrected chi connectivity index (χ0v) is 16.2. The molecule has 3 rings (SSSR count). The maximum absolute atomic E-state index is 12.0. The fraction of sp³-hybridized carbons (Fsp3) is 0.286. The molecule has 7 nitrogen and oxygen atoms in total. The molecule has 0 aliphatic rings. The molecule has 0 amide bonds. The highest BCUT2D eigenvalue weighted by Crippen LogP contribution is 2.26. The van der Waals surface area contributed by atoms with Crippen LogP contribution in [0.2, 0.25) is 0 Å². The van der Waals surface area contributed by atoms with Gasteiger partial charge in [0.05, 0.1) is 17.7 Å². The van der Waals surface area contributed by atoms with Crippen molar-refractivity contribution in [3.05, 3.63) is 53.1 Å². The van der Waals surface area contributed by atoms with Crippen molar-refractivity contribution in [2.75, 3.05) is 23.4 Å². The summed E-state index contributed by atoms with van der Waals surface area (Å²) < 4.78 is 5.22.